The molecule has 1 amide bonds. The first-order valence-corrected chi connectivity index (χ1v) is 12.1. The summed E-state index contributed by atoms with van der Waals surface area (Å²) in [6, 6.07) is 16.5. The van der Waals surface area contributed by atoms with E-state index in [0.717, 1.165) is 0 Å². The van der Waals surface area contributed by atoms with E-state index in [9.17, 15) is 19.5 Å². The number of ether oxygens (including phenoxy) is 3. The monoisotopic (exact) mass is 498 g/mol. The number of benzene rings is 2. The molecule has 0 bridgehead atoms. The lowest BCUT2D eigenvalue weighted by atomic mass is 9.86. The first-order chi connectivity index (χ1) is 17.1. The van der Waals surface area contributed by atoms with E-state index in [-0.39, 0.29) is 19.0 Å². The second-order valence-corrected chi connectivity index (χ2v) is 9.19. The zero-order valence-corrected chi connectivity index (χ0v) is 20.8. The van der Waals surface area contributed by atoms with Crippen LogP contribution in [-0.2, 0) is 29.4 Å². The Kier molecular flexibility index (Phi) is 9.06. The van der Waals surface area contributed by atoms with Gasteiger partial charge in [-0.3, -0.25) is 4.79 Å². The highest BCUT2D eigenvalue weighted by atomic mass is 16.7. The highest BCUT2D eigenvalue weighted by Gasteiger charge is 2.43. The van der Waals surface area contributed by atoms with Crippen molar-refractivity contribution in [3.05, 3.63) is 71.8 Å². The third-order valence-corrected chi connectivity index (χ3v) is 6.19. The summed E-state index contributed by atoms with van der Waals surface area (Å²) in [6.45, 7) is 5.59. The number of amides is 1. The van der Waals surface area contributed by atoms with Crippen molar-refractivity contribution in [2.45, 2.75) is 57.6 Å². The Hall–Kier alpha value is -3.43. The molecule has 0 aromatic heterocycles. The quantitative estimate of drug-likeness (QED) is 0.420. The van der Waals surface area contributed by atoms with Gasteiger partial charge in [0.05, 0.1) is 0 Å². The largest absolute Gasteiger partial charge is 0.460 e. The molecule has 1 fully saturated rings. The highest BCUT2D eigenvalue weighted by molar-refractivity contribution is 5.85. The molecule has 0 spiro atoms. The van der Waals surface area contributed by atoms with Crippen LogP contribution in [0.2, 0.25) is 0 Å². The molecule has 0 aliphatic carbocycles. The predicted molar refractivity (Wildman–Crippen MR) is 131 cm³/mol. The molecule has 1 unspecified atom stereocenters. The van der Waals surface area contributed by atoms with Crippen molar-refractivity contribution in [1.29, 1.82) is 0 Å². The van der Waals surface area contributed by atoms with Crippen molar-refractivity contribution in [1.82, 2.24) is 4.90 Å². The van der Waals surface area contributed by atoms with Crippen LogP contribution in [0.25, 0.3) is 0 Å². The van der Waals surface area contributed by atoms with Gasteiger partial charge in [-0.1, -0.05) is 74.5 Å². The molecule has 9 heteroatoms. The minimum Gasteiger partial charge on any atom is -0.460 e. The molecule has 36 heavy (non-hydrogen) atoms. The molecule has 0 radical (unpaired) electrons. The van der Waals surface area contributed by atoms with Crippen LogP contribution in [0.5, 0.6) is 0 Å². The molecule has 1 saturated heterocycles. The van der Waals surface area contributed by atoms with Crippen molar-refractivity contribution in [3.63, 3.8) is 0 Å². The van der Waals surface area contributed by atoms with Crippen molar-refractivity contribution in [2.75, 3.05) is 13.1 Å². The Morgan fingerprint density at radius 1 is 0.917 bits per heavy atom. The van der Waals surface area contributed by atoms with Crippen LogP contribution in [0.3, 0.4) is 0 Å². The van der Waals surface area contributed by atoms with Crippen LogP contribution in [0.1, 0.15) is 44.7 Å². The number of hydrogen-bond acceptors (Lipinski definition) is 8. The van der Waals surface area contributed by atoms with Crippen molar-refractivity contribution < 1.29 is 33.7 Å². The number of rotatable bonds is 8. The van der Waals surface area contributed by atoms with Gasteiger partial charge in [0.1, 0.15) is 12.1 Å². The Balaban J connectivity index is 1.57. The van der Waals surface area contributed by atoms with Gasteiger partial charge in [0.25, 0.3) is 0 Å². The topological polar surface area (TPSA) is 128 Å². The molecule has 2 aromatic carbocycles. The van der Waals surface area contributed by atoms with Gasteiger partial charge in [-0.2, -0.15) is 0 Å². The number of likely N-dealkylation sites (tertiary alicyclic amines) is 1. The Labute approximate surface area is 211 Å². The Bertz CT molecular complexity index is 981. The van der Waals surface area contributed by atoms with Crippen LogP contribution >= 0.6 is 0 Å². The molecule has 9 nitrogen and oxygen atoms in total. The van der Waals surface area contributed by atoms with E-state index in [1.165, 1.54) is 11.8 Å². The second kappa shape index (κ2) is 12.0. The fourth-order valence-corrected chi connectivity index (χ4v) is 3.91. The number of nitrogens with zero attached hydrogens (tertiary/aromatic N) is 1. The van der Waals surface area contributed by atoms with E-state index in [4.69, 9.17) is 19.9 Å². The Morgan fingerprint density at radius 3 is 1.89 bits per heavy atom. The van der Waals surface area contributed by atoms with Gasteiger partial charge >= 0.3 is 18.0 Å². The minimum atomic E-state index is -1.96. The van der Waals surface area contributed by atoms with Crippen molar-refractivity contribution in [3.8, 4) is 0 Å². The molecule has 1 heterocycles. The lowest BCUT2D eigenvalue weighted by molar-refractivity contribution is -0.170. The zero-order chi connectivity index (χ0) is 26.3. The maximum absolute atomic E-state index is 13.3. The van der Waals surface area contributed by atoms with Crippen molar-refractivity contribution in [2.24, 2.45) is 11.7 Å². The molecule has 0 saturated carbocycles. The van der Waals surface area contributed by atoms with Crippen LogP contribution in [0, 0.1) is 5.92 Å². The van der Waals surface area contributed by atoms with Gasteiger partial charge in [0, 0.05) is 32.9 Å². The Morgan fingerprint density at radius 2 is 1.42 bits per heavy atom. The summed E-state index contributed by atoms with van der Waals surface area (Å²) in [4.78, 5) is 39.2. The summed E-state index contributed by atoms with van der Waals surface area (Å²) in [5.74, 6) is -1.52. The van der Waals surface area contributed by atoms with Gasteiger partial charge in [-0.15, -0.1) is 0 Å². The molecule has 1 aliphatic heterocycles. The molecule has 194 valence electrons. The second-order valence-electron chi connectivity index (χ2n) is 9.19. The standard InChI is InChI=1S/C27H34N2O7/c1-18(2)23(28)24(30)34-19(3)35-26(32)29-16-14-22(15-17-29)36-25(31)27(33,20-10-6-4-7-11-20)21-12-8-5-9-13-21/h4-13,18-19,22-23,33H,14-17,28H2,1-3H3/t19?,23-/m0/s1. The van der Waals surface area contributed by atoms with Crippen molar-refractivity contribution >= 4 is 18.0 Å². The number of esters is 2. The van der Waals surface area contributed by atoms with Crippen LogP contribution in [0.4, 0.5) is 4.79 Å². The molecule has 3 N–H and O–H groups in total. The average Bonchev–Trinajstić information content (AvgIpc) is 2.88. The number of nitrogens with two attached hydrogens (primary N) is 1. The molecular formula is C27H34N2O7. The maximum Gasteiger partial charge on any atom is 0.412 e. The summed E-state index contributed by atoms with van der Waals surface area (Å²) >= 11 is 0. The SMILES string of the molecule is CC(OC(=O)[C@@H](N)C(C)C)OC(=O)N1CCC(OC(=O)C(O)(c2ccccc2)c2ccccc2)CC1. The maximum atomic E-state index is 13.3. The predicted octanol–water partition coefficient (Wildman–Crippen LogP) is 2.94. The lowest BCUT2D eigenvalue weighted by Crippen LogP contribution is -2.46. The fraction of sp³-hybridized carbons (Fsp3) is 0.444. The molecular weight excluding hydrogens is 464 g/mol. The number of piperidine rings is 1. The third kappa shape index (κ3) is 6.41. The average molecular weight is 499 g/mol. The first-order valence-electron chi connectivity index (χ1n) is 12.1. The molecule has 2 aromatic rings. The van der Waals surface area contributed by atoms with Gasteiger partial charge in [0.2, 0.25) is 11.9 Å². The number of carbonyl (C=O) groups excluding carboxylic acids is 3. The minimum absolute atomic E-state index is 0.108. The smallest absolute Gasteiger partial charge is 0.412 e. The van der Waals surface area contributed by atoms with Gasteiger partial charge in [0.15, 0.2) is 0 Å². The molecule has 1 aliphatic rings. The first kappa shape index (κ1) is 27.2. The summed E-state index contributed by atoms with van der Waals surface area (Å²) in [7, 11) is 0. The number of hydrogen-bond donors (Lipinski definition) is 2. The van der Waals surface area contributed by atoms with E-state index in [0.29, 0.717) is 24.0 Å². The molecule has 3 rings (SSSR count). The van der Waals surface area contributed by atoms with E-state index < -0.39 is 42.1 Å². The third-order valence-electron chi connectivity index (χ3n) is 6.19. The normalized spacial score (nSPS) is 16.2. The number of carbonyl (C=O) groups is 3. The van der Waals surface area contributed by atoms with Crippen LogP contribution in [0.15, 0.2) is 60.7 Å². The summed E-state index contributed by atoms with van der Waals surface area (Å²) < 4.78 is 16.0. The van der Waals surface area contributed by atoms with Gasteiger partial charge < -0.3 is 30.0 Å². The fourth-order valence-electron chi connectivity index (χ4n) is 3.91. The summed E-state index contributed by atoms with van der Waals surface area (Å²) in [6.07, 6.45) is -1.47. The van der Waals surface area contributed by atoms with E-state index in [1.807, 2.05) is 0 Å². The molecule has 2 atom stereocenters. The van der Waals surface area contributed by atoms with E-state index >= 15 is 0 Å². The van der Waals surface area contributed by atoms with E-state index in [1.54, 1.807) is 74.5 Å². The van der Waals surface area contributed by atoms with Crippen LogP contribution in [-0.4, -0.2) is 59.6 Å². The van der Waals surface area contributed by atoms with Gasteiger partial charge in [-0.05, 0) is 17.0 Å². The van der Waals surface area contributed by atoms with Gasteiger partial charge in [-0.25, -0.2) is 9.59 Å². The zero-order valence-electron chi connectivity index (χ0n) is 20.8. The lowest BCUT2D eigenvalue weighted by Gasteiger charge is -2.34. The highest BCUT2D eigenvalue weighted by Crippen LogP contribution is 2.32. The summed E-state index contributed by atoms with van der Waals surface area (Å²) in [5, 5.41) is 11.5. The summed E-state index contributed by atoms with van der Waals surface area (Å²) in [5.41, 5.74) is 4.60. The van der Waals surface area contributed by atoms with Crippen LogP contribution < -0.4 is 5.73 Å². The van der Waals surface area contributed by atoms with E-state index in [2.05, 4.69) is 0 Å². The number of aliphatic hydroxyl groups is 1.